The fraction of sp³-hybridized carbons (Fsp3) is 0.650. The second kappa shape index (κ2) is 9.80. The van der Waals surface area contributed by atoms with E-state index in [1.807, 2.05) is 12.4 Å². The molecule has 2 N–H and O–H groups in total. The molecule has 0 aromatic carbocycles. The molecule has 3 heterocycles. The van der Waals surface area contributed by atoms with E-state index in [-0.39, 0.29) is 24.3 Å². The van der Waals surface area contributed by atoms with Gasteiger partial charge in [-0.05, 0) is 63.0 Å². The minimum Gasteiger partial charge on any atom is -0.358 e. The number of likely N-dealkylation sites (tertiary alicyclic amines) is 2. The highest BCUT2D eigenvalue weighted by Gasteiger charge is 2.31. The number of rotatable bonds is 6. The highest BCUT2D eigenvalue weighted by atomic mass is 16.2. The van der Waals surface area contributed by atoms with Gasteiger partial charge in [-0.15, -0.1) is 0 Å². The first-order valence-corrected chi connectivity index (χ1v) is 9.99. The molecule has 2 amide bonds. The highest BCUT2D eigenvalue weighted by molar-refractivity contribution is 5.85. The lowest BCUT2D eigenvalue weighted by Crippen LogP contribution is -2.51. The summed E-state index contributed by atoms with van der Waals surface area (Å²) in [6.45, 7) is 5.13. The monoisotopic (exact) mass is 373 g/mol. The van der Waals surface area contributed by atoms with E-state index in [9.17, 15) is 9.59 Å². The number of carbonyl (C=O) groups excluding carboxylic acids is 2. The molecule has 1 aromatic heterocycles. The molecule has 0 unspecified atom stereocenters. The molecule has 0 spiro atoms. The molecular weight excluding hydrogens is 342 g/mol. The lowest BCUT2D eigenvalue weighted by molar-refractivity contribution is -0.130. The summed E-state index contributed by atoms with van der Waals surface area (Å²) in [6, 6.07) is 4.73. The van der Waals surface area contributed by atoms with E-state index in [2.05, 4.69) is 37.6 Å². The molecule has 148 valence electrons. The molecule has 1 atom stereocenters. The Kier molecular flexibility index (Phi) is 7.18. The van der Waals surface area contributed by atoms with Crippen LogP contribution in [0.3, 0.4) is 0 Å². The van der Waals surface area contributed by atoms with Gasteiger partial charge in [-0.1, -0.05) is 0 Å². The zero-order valence-electron chi connectivity index (χ0n) is 16.2. The van der Waals surface area contributed by atoms with Crippen LogP contribution in [0, 0.1) is 5.92 Å². The van der Waals surface area contributed by atoms with Gasteiger partial charge >= 0.3 is 0 Å². The summed E-state index contributed by atoms with van der Waals surface area (Å²) in [7, 11) is 1.58. The van der Waals surface area contributed by atoms with Gasteiger partial charge in [0.25, 0.3) is 0 Å². The first-order valence-electron chi connectivity index (χ1n) is 9.99. The van der Waals surface area contributed by atoms with Crippen LogP contribution in [0.5, 0.6) is 0 Å². The average Bonchev–Trinajstić information content (AvgIpc) is 2.73. The van der Waals surface area contributed by atoms with Crippen LogP contribution in [-0.4, -0.2) is 72.4 Å². The highest BCUT2D eigenvalue weighted by Crippen LogP contribution is 2.24. The first-order chi connectivity index (χ1) is 13.2. The van der Waals surface area contributed by atoms with Crippen LogP contribution in [0.4, 0.5) is 0 Å². The van der Waals surface area contributed by atoms with E-state index in [4.69, 9.17) is 0 Å². The second-order valence-electron chi connectivity index (χ2n) is 7.59. The van der Waals surface area contributed by atoms with E-state index in [1.54, 1.807) is 7.05 Å². The Labute approximate surface area is 161 Å². The van der Waals surface area contributed by atoms with Crippen LogP contribution in [0.2, 0.25) is 0 Å². The van der Waals surface area contributed by atoms with Gasteiger partial charge in [-0.25, -0.2) is 0 Å². The normalized spacial score (nSPS) is 22.3. The number of nitrogens with one attached hydrogen (secondary N) is 2. The maximum Gasteiger partial charge on any atom is 0.239 e. The van der Waals surface area contributed by atoms with Crippen molar-refractivity contribution in [3.05, 3.63) is 30.1 Å². The van der Waals surface area contributed by atoms with Crippen molar-refractivity contribution in [2.24, 2.45) is 5.92 Å². The Morgan fingerprint density at radius 1 is 1.15 bits per heavy atom. The zero-order valence-corrected chi connectivity index (χ0v) is 16.2. The van der Waals surface area contributed by atoms with Crippen LogP contribution in [0.25, 0.3) is 0 Å². The molecule has 3 rings (SSSR count). The number of aromatic nitrogens is 1. The first kappa shape index (κ1) is 19.8. The van der Waals surface area contributed by atoms with Gasteiger partial charge in [0.1, 0.15) is 0 Å². The molecule has 0 aliphatic carbocycles. The maximum atomic E-state index is 12.4. The van der Waals surface area contributed by atoms with E-state index in [0.29, 0.717) is 6.04 Å². The quantitative estimate of drug-likeness (QED) is 0.764. The van der Waals surface area contributed by atoms with Crippen LogP contribution in [-0.2, 0) is 16.1 Å². The molecule has 2 saturated heterocycles. The smallest absolute Gasteiger partial charge is 0.239 e. The molecule has 2 aliphatic heterocycles. The molecule has 7 heteroatoms. The molecule has 0 radical (unpaired) electrons. The summed E-state index contributed by atoms with van der Waals surface area (Å²) in [5.41, 5.74) is 1.31. The third kappa shape index (κ3) is 5.74. The lowest BCUT2D eigenvalue weighted by atomic mass is 9.93. The van der Waals surface area contributed by atoms with Gasteiger partial charge < -0.3 is 10.6 Å². The summed E-state index contributed by atoms with van der Waals surface area (Å²) < 4.78 is 0. The van der Waals surface area contributed by atoms with E-state index in [0.717, 1.165) is 58.4 Å². The molecule has 1 aromatic rings. The Morgan fingerprint density at radius 2 is 1.89 bits per heavy atom. The minimum atomic E-state index is -0.155. The standard InChI is InChI=1S/C20H31N5O2/c1-21-19(26)13-23-20(27)17-3-2-10-25(15-17)18-6-11-24(12-7-18)14-16-4-8-22-9-5-16/h4-5,8-9,17-18H,2-3,6-7,10-15H2,1H3,(H,21,26)(H,23,27)/t17-/m0/s1. The van der Waals surface area contributed by atoms with Crippen molar-refractivity contribution in [2.75, 3.05) is 39.8 Å². The summed E-state index contributed by atoms with van der Waals surface area (Å²) in [6.07, 6.45) is 7.97. The predicted molar refractivity (Wildman–Crippen MR) is 104 cm³/mol. The molecule has 2 aliphatic rings. The SMILES string of the molecule is CNC(=O)CNC(=O)[C@H]1CCCN(C2CCN(Cc3ccncc3)CC2)C1. The van der Waals surface area contributed by atoms with Crippen LogP contribution in [0.15, 0.2) is 24.5 Å². The third-order valence-corrected chi connectivity index (χ3v) is 5.75. The predicted octanol–water partition coefficient (Wildman–Crippen LogP) is 0.620. The van der Waals surface area contributed by atoms with Crippen molar-refractivity contribution in [3.63, 3.8) is 0 Å². The molecule has 27 heavy (non-hydrogen) atoms. The Hall–Kier alpha value is -1.99. The topological polar surface area (TPSA) is 77.6 Å². The molecule has 2 fully saturated rings. The number of hydrogen-bond acceptors (Lipinski definition) is 5. The average molecular weight is 374 g/mol. The summed E-state index contributed by atoms with van der Waals surface area (Å²) in [5, 5.41) is 5.30. The Morgan fingerprint density at radius 3 is 2.59 bits per heavy atom. The largest absolute Gasteiger partial charge is 0.358 e. The van der Waals surface area contributed by atoms with Crippen molar-refractivity contribution < 1.29 is 9.59 Å². The van der Waals surface area contributed by atoms with Crippen molar-refractivity contribution in [1.82, 2.24) is 25.4 Å². The number of hydrogen-bond donors (Lipinski definition) is 2. The number of nitrogens with zero attached hydrogens (tertiary/aromatic N) is 3. The molecular formula is C20H31N5O2. The lowest BCUT2D eigenvalue weighted by Gasteiger charge is -2.42. The number of amides is 2. The van der Waals surface area contributed by atoms with Crippen LogP contribution < -0.4 is 10.6 Å². The fourth-order valence-corrected chi connectivity index (χ4v) is 4.14. The summed E-state index contributed by atoms with van der Waals surface area (Å²) >= 11 is 0. The second-order valence-corrected chi connectivity index (χ2v) is 7.59. The van der Waals surface area contributed by atoms with Gasteiger partial charge in [0.2, 0.25) is 11.8 Å². The van der Waals surface area contributed by atoms with Gasteiger partial charge in [0, 0.05) is 38.6 Å². The van der Waals surface area contributed by atoms with E-state index >= 15 is 0 Å². The Balaban J connectivity index is 1.43. The van der Waals surface area contributed by atoms with Crippen LogP contribution in [0.1, 0.15) is 31.2 Å². The summed E-state index contributed by atoms with van der Waals surface area (Å²) in [5.74, 6) is -0.144. The third-order valence-electron chi connectivity index (χ3n) is 5.75. The fourth-order valence-electron chi connectivity index (χ4n) is 4.14. The molecule has 0 saturated carbocycles. The van der Waals surface area contributed by atoms with Crippen LogP contribution >= 0.6 is 0 Å². The number of pyridine rings is 1. The minimum absolute atomic E-state index is 0.00162. The van der Waals surface area contributed by atoms with Crippen molar-refractivity contribution in [1.29, 1.82) is 0 Å². The maximum absolute atomic E-state index is 12.4. The Bertz CT molecular complexity index is 616. The number of likely N-dealkylation sites (N-methyl/N-ethyl adjacent to an activating group) is 1. The van der Waals surface area contributed by atoms with Gasteiger partial charge in [-0.3, -0.25) is 24.4 Å². The van der Waals surface area contributed by atoms with Crippen molar-refractivity contribution in [3.8, 4) is 0 Å². The van der Waals surface area contributed by atoms with E-state index in [1.165, 1.54) is 5.56 Å². The molecule has 0 bridgehead atoms. The van der Waals surface area contributed by atoms with Gasteiger partial charge in [0.15, 0.2) is 0 Å². The summed E-state index contributed by atoms with van der Waals surface area (Å²) in [4.78, 5) is 32.8. The van der Waals surface area contributed by atoms with E-state index < -0.39 is 0 Å². The van der Waals surface area contributed by atoms with Gasteiger partial charge in [-0.2, -0.15) is 0 Å². The number of carbonyl (C=O) groups is 2. The van der Waals surface area contributed by atoms with Crippen molar-refractivity contribution >= 4 is 11.8 Å². The van der Waals surface area contributed by atoms with Crippen molar-refractivity contribution in [2.45, 2.75) is 38.3 Å². The zero-order chi connectivity index (χ0) is 19.1. The van der Waals surface area contributed by atoms with Gasteiger partial charge in [0.05, 0.1) is 12.5 Å². The molecule has 7 nitrogen and oxygen atoms in total. The number of piperidine rings is 2.